The van der Waals surface area contributed by atoms with Crippen molar-refractivity contribution in [3.8, 4) is 16.9 Å². The van der Waals surface area contributed by atoms with Crippen LogP contribution < -0.4 is 4.74 Å². The number of carbonyl (C=O) groups excluding carboxylic acids is 2. The number of furan rings is 2. The predicted molar refractivity (Wildman–Crippen MR) is 172 cm³/mol. The van der Waals surface area contributed by atoms with E-state index in [9.17, 15) is 9.59 Å². The van der Waals surface area contributed by atoms with Crippen molar-refractivity contribution in [1.82, 2.24) is 4.90 Å². The molecule has 6 nitrogen and oxygen atoms in total. The van der Waals surface area contributed by atoms with E-state index in [2.05, 4.69) is 4.90 Å². The number of hydrogen-bond donors (Lipinski definition) is 0. The van der Waals surface area contributed by atoms with E-state index in [1.54, 1.807) is 36.4 Å². The molecule has 0 amide bonds. The van der Waals surface area contributed by atoms with Gasteiger partial charge in [0.15, 0.2) is 11.5 Å². The molecule has 6 heteroatoms. The second kappa shape index (κ2) is 12.0. The number of likely N-dealkylation sites (tertiary alicyclic amines) is 1. The van der Waals surface area contributed by atoms with Crippen molar-refractivity contribution in [2.75, 3.05) is 26.2 Å². The van der Waals surface area contributed by atoms with Crippen LogP contribution in [0.4, 0.5) is 0 Å². The summed E-state index contributed by atoms with van der Waals surface area (Å²) in [6.07, 6.45) is 3.82. The second-order valence-corrected chi connectivity index (χ2v) is 11.3. The van der Waals surface area contributed by atoms with Gasteiger partial charge in [-0.2, -0.15) is 0 Å². The maximum absolute atomic E-state index is 14.0. The van der Waals surface area contributed by atoms with Crippen molar-refractivity contribution >= 4 is 33.5 Å². The molecule has 7 rings (SSSR count). The van der Waals surface area contributed by atoms with E-state index in [4.69, 9.17) is 13.6 Å². The zero-order chi connectivity index (χ0) is 30.0. The van der Waals surface area contributed by atoms with Crippen molar-refractivity contribution in [3.05, 3.63) is 125 Å². The highest BCUT2D eigenvalue weighted by Gasteiger charge is 2.28. The molecule has 6 aromatic rings. The monoisotopic (exact) mass is 583 g/mol. The summed E-state index contributed by atoms with van der Waals surface area (Å²) in [6, 6.07) is 29.7. The molecule has 1 saturated heterocycles. The average Bonchev–Trinajstić information content (AvgIpc) is 3.63. The van der Waals surface area contributed by atoms with E-state index in [1.165, 1.54) is 19.3 Å². The van der Waals surface area contributed by atoms with E-state index in [-0.39, 0.29) is 23.1 Å². The van der Waals surface area contributed by atoms with Crippen molar-refractivity contribution in [3.63, 3.8) is 0 Å². The minimum atomic E-state index is -0.227. The molecule has 0 atom stereocenters. The maximum atomic E-state index is 14.0. The van der Waals surface area contributed by atoms with Gasteiger partial charge in [-0.05, 0) is 74.8 Å². The van der Waals surface area contributed by atoms with Crippen LogP contribution in [0.3, 0.4) is 0 Å². The SMILES string of the molecule is Cc1c(C(=O)c2ccccc2)oc2ccc3oc(C(=O)c4ccc(OCCN5CCCCC5)cc4)c(-c4ccccc4)c3c12. The molecule has 4 aromatic carbocycles. The summed E-state index contributed by atoms with van der Waals surface area (Å²) >= 11 is 0. The third kappa shape index (κ3) is 5.22. The van der Waals surface area contributed by atoms with Gasteiger partial charge in [0, 0.05) is 39.6 Å². The van der Waals surface area contributed by atoms with Gasteiger partial charge < -0.3 is 13.6 Å². The number of fused-ring (bicyclic) bond motifs is 3. The van der Waals surface area contributed by atoms with Gasteiger partial charge in [-0.15, -0.1) is 0 Å². The van der Waals surface area contributed by atoms with E-state index >= 15 is 0 Å². The van der Waals surface area contributed by atoms with Crippen molar-refractivity contribution < 1.29 is 23.2 Å². The zero-order valence-electron chi connectivity index (χ0n) is 24.7. The van der Waals surface area contributed by atoms with Gasteiger partial charge in [0.05, 0.1) is 0 Å². The summed E-state index contributed by atoms with van der Waals surface area (Å²) in [5.74, 6) is 0.844. The van der Waals surface area contributed by atoms with Crippen LogP contribution in [0.2, 0.25) is 0 Å². The number of aryl methyl sites for hydroxylation is 1. The first-order valence-electron chi connectivity index (χ1n) is 15.2. The Morgan fingerprint density at radius 2 is 1.27 bits per heavy atom. The molecule has 3 heterocycles. The summed E-state index contributed by atoms with van der Waals surface area (Å²) in [7, 11) is 0. The predicted octanol–water partition coefficient (Wildman–Crippen LogP) is 8.48. The molecule has 0 radical (unpaired) electrons. The van der Waals surface area contributed by atoms with Crippen LogP contribution in [-0.4, -0.2) is 42.7 Å². The number of benzene rings is 4. The molecule has 1 aliphatic rings. The van der Waals surface area contributed by atoms with E-state index in [0.717, 1.165) is 41.7 Å². The number of ketones is 2. The topological polar surface area (TPSA) is 72.9 Å². The highest BCUT2D eigenvalue weighted by molar-refractivity contribution is 6.22. The van der Waals surface area contributed by atoms with Crippen molar-refractivity contribution in [2.45, 2.75) is 26.2 Å². The Balaban J connectivity index is 1.26. The lowest BCUT2D eigenvalue weighted by molar-refractivity contribution is 0.100. The lowest BCUT2D eigenvalue weighted by Gasteiger charge is -2.26. The molecular formula is C38H33NO5. The normalized spacial score (nSPS) is 13.8. The standard InChI is InChI=1S/C38H33NO5/c1-25-32-30(43-37(25)35(40)27-13-7-3-8-14-27)19-20-31-34(32)33(26-11-5-2-6-12-26)38(44-31)36(41)28-15-17-29(18-16-28)42-24-23-39-21-9-4-10-22-39/h2-3,5-8,11-20H,4,9-10,21-24H2,1H3. The molecule has 0 saturated carbocycles. The Morgan fingerprint density at radius 3 is 1.98 bits per heavy atom. The first kappa shape index (κ1) is 27.9. The second-order valence-electron chi connectivity index (χ2n) is 11.3. The van der Waals surface area contributed by atoms with Crippen LogP contribution >= 0.6 is 0 Å². The van der Waals surface area contributed by atoms with Gasteiger partial charge in [-0.3, -0.25) is 14.5 Å². The van der Waals surface area contributed by atoms with E-state index in [0.29, 0.717) is 40.0 Å². The van der Waals surface area contributed by atoms with Crippen LogP contribution in [0.1, 0.15) is 57.1 Å². The van der Waals surface area contributed by atoms with Crippen molar-refractivity contribution in [1.29, 1.82) is 0 Å². The molecule has 2 aromatic heterocycles. The number of ether oxygens (including phenoxy) is 1. The quantitative estimate of drug-likeness (QED) is 0.159. The number of hydrogen-bond acceptors (Lipinski definition) is 6. The zero-order valence-corrected chi connectivity index (χ0v) is 24.7. The molecule has 0 N–H and O–H groups in total. The summed E-state index contributed by atoms with van der Waals surface area (Å²) in [5.41, 5.74) is 4.41. The summed E-state index contributed by atoms with van der Waals surface area (Å²) in [5, 5.41) is 1.52. The molecule has 220 valence electrons. The van der Waals surface area contributed by atoms with Crippen LogP contribution in [-0.2, 0) is 0 Å². The van der Waals surface area contributed by atoms with Crippen LogP contribution in [0, 0.1) is 6.92 Å². The minimum absolute atomic E-state index is 0.188. The van der Waals surface area contributed by atoms with Gasteiger partial charge in [0.1, 0.15) is 23.5 Å². The highest BCUT2D eigenvalue weighted by Crippen LogP contribution is 2.43. The number of rotatable bonds is 9. The Morgan fingerprint density at radius 1 is 0.682 bits per heavy atom. The molecule has 1 aliphatic heterocycles. The Kier molecular flexibility index (Phi) is 7.59. The molecule has 1 fully saturated rings. The third-order valence-corrected chi connectivity index (χ3v) is 8.50. The largest absolute Gasteiger partial charge is 0.492 e. The first-order chi connectivity index (χ1) is 21.6. The van der Waals surface area contributed by atoms with E-state index in [1.807, 2.05) is 67.6 Å². The molecule has 0 aliphatic carbocycles. The number of nitrogens with zero attached hydrogens (tertiary/aromatic N) is 1. The number of piperidine rings is 1. The fourth-order valence-electron chi connectivity index (χ4n) is 6.22. The molecule has 0 unspecified atom stereocenters. The van der Waals surface area contributed by atoms with Crippen LogP contribution in [0.25, 0.3) is 33.1 Å². The highest BCUT2D eigenvalue weighted by atomic mass is 16.5. The summed E-state index contributed by atoms with van der Waals surface area (Å²) < 4.78 is 18.5. The number of carbonyl (C=O) groups is 2. The maximum Gasteiger partial charge on any atom is 0.228 e. The Hall–Kier alpha value is -4.94. The first-order valence-corrected chi connectivity index (χ1v) is 15.2. The molecule has 44 heavy (non-hydrogen) atoms. The molecule has 0 spiro atoms. The molecular weight excluding hydrogens is 550 g/mol. The Labute approximate surface area is 255 Å². The van der Waals surface area contributed by atoms with Gasteiger partial charge >= 0.3 is 0 Å². The minimum Gasteiger partial charge on any atom is -0.492 e. The van der Waals surface area contributed by atoms with Gasteiger partial charge in [-0.1, -0.05) is 67.1 Å². The smallest absolute Gasteiger partial charge is 0.228 e. The molecule has 0 bridgehead atoms. The van der Waals surface area contributed by atoms with Crippen molar-refractivity contribution in [2.24, 2.45) is 0 Å². The lowest BCUT2D eigenvalue weighted by atomic mass is 9.95. The fourth-order valence-corrected chi connectivity index (χ4v) is 6.22. The summed E-state index contributed by atoms with van der Waals surface area (Å²) in [6.45, 7) is 5.67. The van der Waals surface area contributed by atoms with E-state index < -0.39 is 0 Å². The average molecular weight is 584 g/mol. The van der Waals surface area contributed by atoms with Crippen LogP contribution in [0.5, 0.6) is 5.75 Å². The van der Waals surface area contributed by atoms with Gasteiger partial charge in [0.2, 0.25) is 11.6 Å². The fraction of sp³-hybridized carbons (Fsp3) is 0.211. The van der Waals surface area contributed by atoms with Gasteiger partial charge in [0.25, 0.3) is 0 Å². The Bertz CT molecular complexity index is 1950. The van der Waals surface area contributed by atoms with Crippen LogP contribution in [0.15, 0.2) is 106 Å². The van der Waals surface area contributed by atoms with Gasteiger partial charge in [-0.25, -0.2) is 0 Å². The lowest BCUT2D eigenvalue weighted by Crippen LogP contribution is -2.33. The summed E-state index contributed by atoms with van der Waals surface area (Å²) in [4.78, 5) is 29.9. The third-order valence-electron chi connectivity index (χ3n) is 8.50.